The van der Waals surface area contributed by atoms with Crippen LogP contribution in [0.1, 0.15) is 29.9 Å². The number of thioether (sulfide) groups is 1. The van der Waals surface area contributed by atoms with Crippen molar-refractivity contribution < 1.29 is 4.79 Å². The highest BCUT2D eigenvalue weighted by atomic mass is 32.2. The van der Waals surface area contributed by atoms with Crippen LogP contribution in [0.2, 0.25) is 0 Å². The largest absolute Gasteiger partial charge is 0.360 e. The summed E-state index contributed by atoms with van der Waals surface area (Å²) in [7, 11) is 0. The molecule has 2 heterocycles. The van der Waals surface area contributed by atoms with Gasteiger partial charge in [0, 0.05) is 28.7 Å². The van der Waals surface area contributed by atoms with Gasteiger partial charge in [0.25, 0.3) is 0 Å². The molecule has 0 amide bonds. The van der Waals surface area contributed by atoms with Gasteiger partial charge < -0.3 is 10.3 Å². The summed E-state index contributed by atoms with van der Waals surface area (Å²) in [4.78, 5) is 15.9. The normalized spacial score (nSPS) is 11.3. The molecule has 5 nitrogen and oxygen atoms in total. The molecule has 0 aliphatic heterocycles. The molecule has 0 aliphatic rings. The topological polar surface area (TPSA) is 70.7 Å². The first kappa shape index (κ1) is 17.0. The molecule has 1 aromatic carbocycles. The van der Waals surface area contributed by atoms with Crippen LogP contribution in [0.4, 0.5) is 5.13 Å². The lowest BCUT2D eigenvalue weighted by molar-refractivity contribution is 0.102. The third-order valence-electron chi connectivity index (χ3n) is 3.57. The van der Waals surface area contributed by atoms with Gasteiger partial charge in [0.2, 0.25) is 5.13 Å². The minimum absolute atomic E-state index is 0.113. The highest BCUT2D eigenvalue weighted by molar-refractivity contribution is 8.01. The lowest BCUT2D eigenvalue weighted by Gasteiger charge is -2.03. The molecule has 0 spiro atoms. The summed E-state index contributed by atoms with van der Waals surface area (Å²) in [5.74, 6) is 1.03. The summed E-state index contributed by atoms with van der Waals surface area (Å²) < 4.78 is 0.812. The molecule has 2 aromatic heterocycles. The maximum absolute atomic E-state index is 12.6. The first-order valence-electron chi connectivity index (χ1n) is 7.85. The second-order valence-corrected chi connectivity index (χ2v) is 8.23. The van der Waals surface area contributed by atoms with Crippen molar-refractivity contribution in [2.45, 2.75) is 25.1 Å². The summed E-state index contributed by atoms with van der Waals surface area (Å²) in [5.41, 5.74) is 2.69. The first-order valence-corrected chi connectivity index (χ1v) is 9.65. The molecule has 0 saturated carbocycles. The molecule has 3 rings (SSSR count). The van der Waals surface area contributed by atoms with Gasteiger partial charge in [-0.15, -0.1) is 10.2 Å². The number of aromatic amines is 1. The standard InChI is InChI=1S/C17H20N4OS2/c1-10(2)8-18-16-20-21-17(24-16)23-9-14(22)15-11(3)19-13-7-5-4-6-12(13)15/h4-7,10,19H,8-9H2,1-3H3,(H,18,20). The molecule has 24 heavy (non-hydrogen) atoms. The Labute approximate surface area is 149 Å². The highest BCUT2D eigenvalue weighted by Crippen LogP contribution is 2.28. The zero-order chi connectivity index (χ0) is 17.1. The van der Waals surface area contributed by atoms with Gasteiger partial charge in [0.05, 0.1) is 5.75 Å². The third-order valence-corrected chi connectivity index (χ3v) is 5.58. The number of para-hydroxylation sites is 1. The number of carbonyl (C=O) groups excluding carboxylic acids is 1. The van der Waals surface area contributed by atoms with E-state index < -0.39 is 0 Å². The number of ketones is 1. The average molecular weight is 361 g/mol. The van der Waals surface area contributed by atoms with E-state index >= 15 is 0 Å². The van der Waals surface area contributed by atoms with Crippen LogP contribution in [0.3, 0.4) is 0 Å². The van der Waals surface area contributed by atoms with Crippen LogP contribution in [0.25, 0.3) is 10.9 Å². The number of hydrogen-bond acceptors (Lipinski definition) is 6. The molecule has 0 radical (unpaired) electrons. The van der Waals surface area contributed by atoms with E-state index in [0.29, 0.717) is 11.7 Å². The smallest absolute Gasteiger partial charge is 0.206 e. The third kappa shape index (κ3) is 3.79. The van der Waals surface area contributed by atoms with E-state index in [2.05, 4.69) is 34.3 Å². The van der Waals surface area contributed by atoms with E-state index in [0.717, 1.165) is 38.2 Å². The molecule has 0 fully saturated rings. The quantitative estimate of drug-likeness (QED) is 0.483. The van der Waals surface area contributed by atoms with E-state index in [1.807, 2.05) is 31.2 Å². The molecule has 3 aromatic rings. The number of nitrogens with zero attached hydrogens (tertiary/aromatic N) is 2. The number of H-pyrrole nitrogens is 1. The number of hydrogen-bond donors (Lipinski definition) is 2. The number of anilines is 1. The molecular weight excluding hydrogens is 340 g/mol. The zero-order valence-corrected chi connectivity index (χ0v) is 15.6. The molecule has 7 heteroatoms. The summed E-state index contributed by atoms with van der Waals surface area (Å²) >= 11 is 2.93. The van der Waals surface area contributed by atoms with Crippen molar-refractivity contribution in [1.82, 2.24) is 15.2 Å². The van der Waals surface area contributed by atoms with Crippen LogP contribution in [0.5, 0.6) is 0 Å². The minimum atomic E-state index is 0.113. The Morgan fingerprint density at radius 2 is 2.12 bits per heavy atom. The van der Waals surface area contributed by atoms with Crippen molar-refractivity contribution in [3.63, 3.8) is 0 Å². The van der Waals surface area contributed by atoms with E-state index in [1.165, 1.54) is 23.1 Å². The summed E-state index contributed by atoms with van der Waals surface area (Å²) in [6, 6.07) is 7.89. The molecule has 126 valence electrons. The Kier molecular flexibility index (Phi) is 5.20. The van der Waals surface area contributed by atoms with Gasteiger partial charge in [0.15, 0.2) is 10.1 Å². The predicted octanol–water partition coefficient (Wildman–Crippen LogP) is 4.37. The molecule has 0 aliphatic carbocycles. The lowest BCUT2D eigenvalue weighted by atomic mass is 10.1. The Bertz CT molecular complexity index is 853. The lowest BCUT2D eigenvalue weighted by Crippen LogP contribution is -2.07. The van der Waals surface area contributed by atoms with Crippen LogP contribution in [0, 0.1) is 12.8 Å². The maximum atomic E-state index is 12.6. The monoisotopic (exact) mass is 360 g/mol. The second kappa shape index (κ2) is 7.36. The Morgan fingerprint density at radius 1 is 1.33 bits per heavy atom. The van der Waals surface area contributed by atoms with Gasteiger partial charge in [-0.3, -0.25) is 4.79 Å². The van der Waals surface area contributed by atoms with Crippen molar-refractivity contribution in [2.75, 3.05) is 17.6 Å². The van der Waals surface area contributed by atoms with Gasteiger partial charge in [0.1, 0.15) is 0 Å². The van der Waals surface area contributed by atoms with Gasteiger partial charge >= 0.3 is 0 Å². The predicted molar refractivity (Wildman–Crippen MR) is 101 cm³/mol. The van der Waals surface area contributed by atoms with Crippen LogP contribution in [0.15, 0.2) is 28.6 Å². The summed E-state index contributed by atoms with van der Waals surface area (Å²) in [6.45, 7) is 7.10. The van der Waals surface area contributed by atoms with Crippen molar-refractivity contribution in [2.24, 2.45) is 5.92 Å². The van der Waals surface area contributed by atoms with Gasteiger partial charge in [-0.25, -0.2) is 0 Å². The first-order chi connectivity index (χ1) is 11.5. The number of aromatic nitrogens is 3. The van der Waals surface area contributed by atoms with Gasteiger partial charge in [-0.05, 0) is 18.9 Å². The van der Waals surface area contributed by atoms with Crippen molar-refractivity contribution in [3.8, 4) is 0 Å². The molecule has 0 bridgehead atoms. The van der Waals surface area contributed by atoms with Gasteiger partial charge in [-0.2, -0.15) is 0 Å². The molecule has 0 atom stereocenters. The van der Waals surface area contributed by atoms with Crippen LogP contribution in [-0.2, 0) is 0 Å². The number of rotatable bonds is 7. The fraction of sp³-hybridized carbons (Fsp3) is 0.353. The Balaban J connectivity index is 1.66. The second-order valence-electron chi connectivity index (χ2n) is 6.03. The highest BCUT2D eigenvalue weighted by Gasteiger charge is 2.17. The Hall–Kier alpha value is -1.86. The van der Waals surface area contributed by atoms with Crippen LogP contribution >= 0.6 is 23.1 Å². The van der Waals surface area contributed by atoms with Crippen molar-refractivity contribution >= 4 is 44.9 Å². The summed E-state index contributed by atoms with van der Waals surface area (Å²) in [5, 5.41) is 13.3. The number of aryl methyl sites for hydroxylation is 1. The maximum Gasteiger partial charge on any atom is 0.206 e. The fourth-order valence-corrected chi connectivity index (χ4v) is 4.10. The Morgan fingerprint density at radius 3 is 2.92 bits per heavy atom. The molecule has 0 saturated heterocycles. The van der Waals surface area contributed by atoms with E-state index in [-0.39, 0.29) is 5.78 Å². The van der Waals surface area contributed by atoms with Crippen LogP contribution < -0.4 is 5.32 Å². The number of nitrogens with one attached hydrogen (secondary N) is 2. The number of fused-ring (bicyclic) bond motifs is 1. The molecular formula is C17H20N4OS2. The minimum Gasteiger partial charge on any atom is -0.360 e. The van der Waals surface area contributed by atoms with E-state index in [4.69, 9.17) is 0 Å². The summed E-state index contributed by atoms with van der Waals surface area (Å²) in [6.07, 6.45) is 0. The molecule has 0 unspecified atom stereocenters. The molecule has 2 N–H and O–H groups in total. The van der Waals surface area contributed by atoms with Crippen molar-refractivity contribution in [1.29, 1.82) is 0 Å². The van der Waals surface area contributed by atoms with Crippen molar-refractivity contribution in [3.05, 3.63) is 35.5 Å². The zero-order valence-electron chi connectivity index (χ0n) is 13.9. The number of carbonyl (C=O) groups is 1. The van der Waals surface area contributed by atoms with Gasteiger partial charge in [-0.1, -0.05) is 55.1 Å². The SMILES string of the molecule is Cc1[nH]c2ccccc2c1C(=O)CSc1nnc(NCC(C)C)s1. The number of benzene rings is 1. The van der Waals surface area contributed by atoms with E-state index in [9.17, 15) is 4.79 Å². The fourth-order valence-electron chi connectivity index (χ4n) is 2.47. The number of Topliss-reactive ketones (excluding diaryl/α,β-unsaturated/α-hetero) is 1. The average Bonchev–Trinajstić information content (AvgIpc) is 3.13. The van der Waals surface area contributed by atoms with E-state index in [1.54, 1.807) is 0 Å². The van der Waals surface area contributed by atoms with Crippen LogP contribution in [-0.4, -0.2) is 33.3 Å².